The average molecular weight is 211 g/mol. The van der Waals surface area contributed by atoms with E-state index in [1.165, 1.54) is 7.11 Å². The number of nitrogens with one attached hydrogen (secondary N) is 1. The minimum atomic E-state index is -0.265. The number of nitrogens with zero attached hydrogens (tertiary/aromatic N) is 1. The minimum Gasteiger partial charge on any atom is -0.494 e. The van der Waals surface area contributed by atoms with Gasteiger partial charge in [0.25, 0.3) is 5.56 Å². The Morgan fingerprint density at radius 2 is 2.29 bits per heavy atom. The number of methoxy groups -OCH3 is 1. The third-order valence-corrected chi connectivity index (χ3v) is 2.07. The van der Waals surface area contributed by atoms with Gasteiger partial charge in [0.2, 0.25) is 5.28 Å². The van der Waals surface area contributed by atoms with Crippen molar-refractivity contribution in [2.45, 2.75) is 0 Å². The minimum absolute atomic E-state index is 0.0620. The van der Waals surface area contributed by atoms with Crippen molar-refractivity contribution in [3.05, 3.63) is 33.8 Å². The zero-order chi connectivity index (χ0) is 10.1. The Labute approximate surface area is 84.5 Å². The monoisotopic (exact) mass is 210 g/mol. The number of ether oxygens (including phenoxy) is 1. The maximum atomic E-state index is 11.4. The SMILES string of the molecule is COc1cccc2c(=O)[nH]c(Cl)nc12. The lowest BCUT2D eigenvalue weighted by molar-refractivity contribution is 0.419. The van der Waals surface area contributed by atoms with Gasteiger partial charge >= 0.3 is 0 Å². The molecule has 2 rings (SSSR count). The first-order valence-electron chi connectivity index (χ1n) is 3.95. The van der Waals surface area contributed by atoms with Gasteiger partial charge in [0.15, 0.2) is 0 Å². The summed E-state index contributed by atoms with van der Waals surface area (Å²) in [6.45, 7) is 0. The Morgan fingerprint density at radius 3 is 3.00 bits per heavy atom. The maximum Gasteiger partial charge on any atom is 0.259 e. The normalized spacial score (nSPS) is 10.4. The van der Waals surface area contributed by atoms with Gasteiger partial charge in [0.1, 0.15) is 11.3 Å². The Hall–Kier alpha value is -1.55. The summed E-state index contributed by atoms with van der Waals surface area (Å²) < 4.78 is 5.06. The van der Waals surface area contributed by atoms with Crippen LogP contribution in [0, 0.1) is 0 Å². The van der Waals surface area contributed by atoms with Crippen molar-refractivity contribution in [2.75, 3.05) is 7.11 Å². The third kappa shape index (κ3) is 1.33. The van der Waals surface area contributed by atoms with E-state index in [9.17, 15) is 4.79 Å². The number of H-pyrrole nitrogens is 1. The van der Waals surface area contributed by atoms with E-state index in [2.05, 4.69) is 9.97 Å². The van der Waals surface area contributed by atoms with Gasteiger partial charge < -0.3 is 4.74 Å². The number of benzene rings is 1. The Morgan fingerprint density at radius 1 is 1.50 bits per heavy atom. The van der Waals surface area contributed by atoms with E-state index in [0.29, 0.717) is 16.7 Å². The second-order valence-electron chi connectivity index (χ2n) is 2.71. The molecule has 0 aliphatic rings. The maximum absolute atomic E-state index is 11.4. The molecule has 1 aromatic carbocycles. The largest absolute Gasteiger partial charge is 0.494 e. The third-order valence-electron chi connectivity index (χ3n) is 1.89. The first-order valence-corrected chi connectivity index (χ1v) is 4.32. The topological polar surface area (TPSA) is 55.0 Å². The van der Waals surface area contributed by atoms with Crippen molar-refractivity contribution >= 4 is 22.5 Å². The number of halogens is 1. The van der Waals surface area contributed by atoms with E-state index >= 15 is 0 Å². The van der Waals surface area contributed by atoms with Crippen LogP contribution in [0.25, 0.3) is 10.9 Å². The van der Waals surface area contributed by atoms with Crippen LogP contribution in [-0.2, 0) is 0 Å². The first-order chi connectivity index (χ1) is 6.72. The van der Waals surface area contributed by atoms with Gasteiger partial charge in [-0.1, -0.05) is 6.07 Å². The zero-order valence-electron chi connectivity index (χ0n) is 7.37. The van der Waals surface area contributed by atoms with Crippen LogP contribution in [0.4, 0.5) is 0 Å². The van der Waals surface area contributed by atoms with Crippen LogP contribution in [0.3, 0.4) is 0 Å². The van der Waals surface area contributed by atoms with E-state index in [0.717, 1.165) is 0 Å². The van der Waals surface area contributed by atoms with E-state index < -0.39 is 0 Å². The summed E-state index contributed by atoms with van der Waals surface area (Å²) in [7, 11) is 1.52. The van der Waals surface area contributed by atoms with Crippen molar-refractivity contribution in [2.24, 2.45) is 0 Å². The van der Waals surface area contributed by atoms with Gasteiger partial charge in [-0.15, -0.1) is 0 Å². The van der Waals surface area contributed by atoms with Crippen LogP contribution in [-0.4, -0.2) is 17.1 Å². The lowest BCUT2D eigenvalue weighted by Gasteiger charge is -2.03. The summed E-state index contributed by atoms with van der Waals surface area (Å²) in [6, 6.07) is 5.12. The summed E-state index contributed by atoms with van der Waals surface area (Å²) in [5, 5.41) is 0.528. The summed E-state index contributed by atoms with van der Waals surface area (Å²) in [4.78, 5) is 17.8. The molecule has 0 aliphatic heterocycles. The fourth-order valence-corrected chi connectivity index (χ4v) is 1.44. The molecule has 1 aromatic heterocycles. The molecule has 4 nitrogen and oxygen atoms in total. The average Bonchev–Trinajstić information content (AvgIpc) is 2.17. The van der Waals surface area contributed by atoms with Crippen LogP contribution >= 0.6 is 11.6 Å². The summed E-state index contributed by atoms with van der Waals surface area (Å²) >= 11 is 5.63. The molecule has 1 heterocycles. The van der Waals surface area contributed by atoms with Crippen molar-refractivity contribution in [1.82, 2.24) is 9.97 Å². The molecule has 0 saturated heterocycles. The zero-order valence-corrected chi connectivity index (χ0v) is 8.13. The first kappa shape index (κ1) is 9.02. The van der Waals surface area contributed by atoms with Gasteiger partial charge in [0, 0.05) is 0 Å². The van der Waals surface area contributed by atoms with E-state index in [1.54, 1.807) is 18.2 Å². The number of hydrogen-bond acceptors (Lipinski definition) is 3. The Bertz CT molecular complexity index is 536. The highest BCUT2D eigenvalue weighted by Gasteiger charge is 2.06. The lowest BCUT2D eigenvalue weighted by atomic mass is 10.2. The molecule has 72 valence electrons. The fraction of sp³-hybridized carbons (Fsp3) is 0.111. The molecule has 0 spiro atoms. The number of fused-ring (bicyclic) bond motifs is 1. The molecule has 0 radical (unpaired) electrons. The highest BCUT2D eigenvalue weighted by atomic mass is 35.5. The lowest BCUT2D eigenvalue weighted by Crippen LogP contribution is -2.08. The number of hydrogen-bond donors (Lipinski definition) is 1. The smallest absolute Gasteiger partial charge is 0.259 e. The molecule has 2 aromatic rings. The predicted octanol–water partition coefficient (Wildman–Crippen LogP) is 1.59. The van der Waals surface area contributed by atoms with Crippen LogP contribution in [0.15, 0.2) is 23.0 Å². The molecule has 0 bridgehead atoms. The molecule has 1 N–H and O–H groups in total. The van der Waals surface area contributed by atoms with Gasteiger partial charge in [-0.2, -0.15) is 0 Å². The van der Waals surface area contributed by atoms with Crippen molar-refractivity contribution in [1.29, 1.82) is 0 Å². The van der Waals surface area contributed by atoms with Gasteiger partial charge in [-0.3, -0.25) is 9.78 Å². The summed E-state index contributed by atoms with van der Waals surface area (Å²) in [5.74, 6) is 0.538. The van der Waals surface area contributed by atoms with Gasteiger partial charge in [-0.05, 0) is 23.7 Å². The van der Waals surface area contributed by atoms with Crippen molar-refractivity contribution in [3.63, 3.8) is 0 Å². The molecule has 14 heavy (non-hydrogen) atoms. The predicted molar refractivity (Wildman–Crippen MR) is 53.9 cm³/mol. The van der Waals surface area contributed by atoms with Gasteiger partial charge in [-0.25, -0.2) is 4.98 Å². The molecular weight excluding hydrogens is 204 g/mol. The fourth-order valence-electron chi connectivity index (χ4n) is 1.27. The van der Waals surface area contributed by atoms with Crippen LogP contribution in [0.2, 0.25) is 5.28 Å². The molecule has 0 saturated carbocycles. The number of aromatic amines is 1. The number of para-hydroxylation sites is 1. The second-order valence-corrected chi connectivity index (χ2v) is 3.07. The van der Waals surface area contributed by atoms with Crippen molar-refractivity contribution in [3.8, 4) is 5.75 Å². The molecule has 0 unspecified atom stereocenters. The Balaban J connectivity index is 2.94. The standard InChI is InChI=1S/C9H7ClN2O2/c1-14-6-4-2-3-5-7(6)11-9(10)12-8(5)13/h2-4H,1H3,(H,11,12,13). The van der Waals surface area contributed by atoms with E-state index in [-0.39, 0.29) is 10.8 Å². The van der Waals surface area contributed by atoms with Gasteiger partial charge in [0.05, 0.1) is 12.5 Å². The molecule has 0 amide bonds. The molecule has 0 aliphatic carbocycles. The van der Waals surface area contributed by atoms with Crippen LogP contribution in [0.5, 0.6) is 5.75 Å². The molecular formula is C9H7ClN2O2. The van der Waals surface area contributed by atoms with E-state index in [4.69, 9.17) is 16.3 Å². The summed E-state index contributed by atoms with van der Waals surface area (Å²) in [5.41, 5.74) is 0.211. The van der Waals surface area contributed by atoms with Crippen molar-refractivity contribution < 1.29 is 4.74 Å². The molecule has 0 fully saturated rings. The quantitative estimate of drug-likeness (QED) is 0.728. The second kappa shape index (κ2) is 3.31. The highest BCUT2D eigenvalue weighted by molar-refractivity contribution is 6.28. The van der Waals surface area contributed by atoms with Crippen LogP contribution in [0.1, 0.15) is 0 Å². The van der Waals surface area contributed by atoms with Crippen LogP contribution < -0.4 is 10.3 Å². The summed E-state index contributed by atoms with van der Waals surface area (Å²) in [6.07, 6.45) is 0. The Kier molecular flexibility index (Phi) is 2.13. The van der Waals surface area contributed by atoms with E-state index in [1.807, 2.05) is 0 Å². The molecule has 5 heteroatoms. The number of aromatic nitrogens is 2. The molecule has 0 atom stereocenters. The number of rotatable bonds is 1. The highest BCUT2D eigenvalue weighted by Crippen LogP contribution is 2.21.